The van der Waals surface area contributed by atoms with Gasteiger partial charge in [0.15, 0.2) is 10.9 Å². The molecule has 1 heterocycles. The van der Waals surface area contributed by atoms with Crippen molar-refractivity contribution in [1.29, 1.82) is 0 Å². The van der Waals surface area contributed by atoms with Crippen LogP contribution in [0.4, 0.5) is 5.82 Å². The summed E-state index contributed by atoms with van der Waals surface area (Å²) in [5, 5.41) is 12.7. The fourth-order valence-electron chi connectivity index (χ4n) is 2.34. The van der Waals surface area contributed by atoms with Crippen molar-refractivity contribution in [2.45, 2.75) is 0 Å². The molecule has 0 aliphatic carbocycles. The number of ether oxygens (including phenoxy) is 1. The minimum Gasteiger partial charge on any atom is -0.497 e. The van der Waals surface area contributed by atoms with Gasteiger partial charge in [0, 0.05) is 12.1 Å². The maximum Gasteiger partial charge on any atom is 0.250 e. The van der Waals surface area contributed by atoms with Crippen LogP contribution in [0.3, 0.4) is 0 Å². The number of aromatic nitrogens is 2. The first kappa shape index (κ1) is 18.3. The Morgan fingerprint density at radius 3 is 2.59 bits per heavy atom. The molecule has 27 heavy (non-hydrogen) atoms. The van der Waals surface area contributed by atoms with Crippen LogP contribution < -0.4 is 15.4 Å². The lowest BCUT2D eigenvalue weighted by Gasteiger charge is -2.04. The molecule has 0 spiro atoms. The number of methoxy groups -OCH3 is 1. The molecule has 0 aliphatic rings. The molecular formula is C20H18N4O2S. The molecule has 0 radical (unpaired) electrons. The standard InChI is InChI=1S/C20H18N4O2S/c1-26-16-10-8-15(9-11-16)17-13-18(24-23-17)21-20(27)22-19(25)12-7-14-5-3-2-4-6-14/h2-13H,1H3,(H3,21,22,23,24,25,27)/b12-7+. The topological polar surface area (TPSA) is 79.0 Å². The third-order valence-electron chi connectivity index (χ3n) is 3.68. The van der Waals surface area contributed by atoms with Gasteiger partial charge >= 0.3 is 0 Å². The summed E-state index contributed by atoms with van der Waals surface area (Å²) in [6.45, 7) is 0. The van der Waals surface area contributed by atoms with Gasteiger partial charge in [-0.2, -0.15) is 5.10 Å². The highest BCUT2D eigenvalue weighted by molar-refractivity contribution is 7.80. The minimum absolute atomic E-state index is 0.172. The first-order valence-electron chi connectivity index (χ1n) is 8.19. The van der Waals surface area contributed by atoms with Crippen molar-refractivity contribution < 1.29 is 9.53 Å². The molecule has 1 amide bonds. The van der Waals surface area contributed by atoms with Crippen LogP contribution in [0.25, 0.3) is 17.3 Å². The number of benzene rings is 2. The van der Waals surface area contributed by atoms with E-state index >= 15 is 0 Å². The Morgan fingerprint density at radius 1 is 1.15 bits per heavy atom. The summed E-state index contributed by atoms with van der Waals surface area (Å²) in [5.41, 5.74) is 2.71. The van der Waals surface area contributed by atoms with Crippen LogP contribution in [0.1, 0.15) is 5.56 Å². The molecule has 0 atom stereocenters. The third-order valence-corrected chi connectivity index (χ3v) is 3.89. The van der Waals surface area contributed by atoms with Gasteiger partial charge in [-0.15, -0.1) is 0 Å². The summed E-state index contributed by atoms with van der Waals surface area (Å²) in [7, 11) is 1.62. The molecule has 0 aliphatic heterocycles. The number of aromatic amines is 1. The molecule has 3 rings (SSSR count). The molecule has 3 N–H and O–H groups in total. The van der Waals surface area contributed by atoms with Crippen LogP contribution in [0.2, 0.25) is 0 Å². The number of amides is 1. The Morgan fingerprint density at radius 2 is 1.89 bits per heavy atom. The second kappa shape index (κ2) is 8.77. The normalized spacial score (nSPS) is 10.6. The molecule has 3 aromatic rings. The smallest absolute Gasteiger partial charge is 0.250 e. The Labute approximate surface area is 162 Å². The summed E-state index contributed by atoms with van der Waals surface area (Å²) in [6, 6.07) is 18.9. The van der Waals surface area contributed by atoms with Crippen LogP contribution in [0.5, 0.6) is 5.75 Å². The monoisotopic (exact) mass is 378 g/mol. The number of nitrogens with zero attached hydrogens (tertiary/aromatic N) is 1. The summed E-state index contributed by atoms with van der Waals surface area (Å²) in [5.74, 6) is 0.976. The van der Waals surface area contributed by atoms with Gasteiger partial charge in [0.2, 0.25) is 5.91 Å². The van der Waals surface area contributed by atoms with Gasteiger partial charge in [-0.1, -0.05) is 30.3 Å². The molecule has 0 fully saturated rings. The zero-order valence-corrected chi connectivity index (χ0v) is 15.4. The number of carbonyl (C=O) groups excluding carboxylic acids is 1. The second-order valence-electron chi connectivity index (χ2n) is 5.58. The molecule has 0 unspecified atom stereocenters. The summed E-state index contributed by atoms with van der Waals surface area (Å²) < 4.78 is 5.15. The van der Waals surface area contributed by atoms with Gasteiger partial charge in [0.25, 0.3) is 0 Å². The fraction of sp³-hybridized carbons (Fsp3) is 0.0500. The van der Waals surface area contributed by atoms with Gasteiger partial charge in [0.1, 0.15) is 5.75 Å². The Bertz CT molecular complexity index is 950. The number of rotatable bonds is 5. The van der Waals surface area contributed by atoms with Gasteiger partial charge in [0.05, 0.1) is 12.8 Å². The highest BCUT2D eigenvalue weighted by Gasteiger charge is 2.07. The quantitative estimate of drug-likeness (QED) is 0.467. The van der Waals surface area contributed by atoms with Crippen molar-refractivity contribution in [1.82, 2.24) is 15.5 Å². The van der Waals surface area contributed by atoms with E-state index < -0.39 is 0 Å². The summed E-state index contributed by atoms with van der Waals surface area (Å²) in [6.07, 6.45) is 3.14. The van der Waals surface area contributed by atoms with Crippen molar-refractivity contribution in [2.24, 2.45) is 0 Å². The van der Waals surface area contributed by atoms with E-state index in [-0.39, 0.29) is 11.0 Å². The molecular weight excluding hydrogens is 360 g/mol. The Kier molecular flexibility index (Phi) is 5.96. The van der Waals surface area contributed by atoms with E-state index in [4.69, 9.17) is 17.0 Å². The molecule has 7 heteroatoms. The molecule has 136 valence electrons. The molecule has 2 aromatic carbocycles. The maximum atomic E-state index is 11.9. The number of hydrogen-bond donors (Lipinski definition) is 3. The largest absolute Gasteiger partial charge is 0.497 e. The predicted molar refractivity (Wildman–Crippen MR) is 110 cm³/mol. The van der Waals surface area contributed by atoms with E-state index in [0.717, 1.165) is 22.6 Å². The first-order chi connectivity index (χ1) is 13.1. The minimum atomic E-state index is -0.317. The number of carbonyl (C=O) groups is 1. The zero-order chi connectivity index (χ0) is 19.1. The molecule has 0 saturated carbocycles. The van der Waals surface area contributed by atoms with Gasteiger partial charge in [-0.25, -0.2) is 0 Å². The summed E-state index contributed by atoms with van der Waals surface area (Å²) >= 11 is 5.15. The number of anilines is 1. The average Bonchev–Trinajstić information content (AvgIpc) is 3.15. The van der Waals surface area contributed by atoms with E-state index in [2.05, 4.69) is 20.8 Å². The Balaban J connectivity index is 1.55. The molecule has 0 bridgehead atoms. The highest BCUT2D eigenvalue weighted by Crippen LogP contribution is 2.22. The van der Waals surface area contributed by atoms with E-state index in [9.17, 15) is 4.79 Å². The second-order valence-corrected chi connectivity index (χ2v) is 5.99. The molecule has 6 nitrogen and oxygen atoms in total. The lowest BCUT2D eigenvalue weighted by molar-refractivity contribution is -0.115. The number of nitrogens with one attached hydrogen (secondary N) is 3. The lowest BCUT2D eigenvalue weighted by atomic mass is 10.1. The van der Waals surface area contributed by atoms with Crippen molar-refractivity contribution in [3.63, 3.8) is 0 Å². The number of H-pyrrole nitrogens is 1. The lowest BCUT2D eigenvalue weighted by Crippen LogP contribution is -2.32. The van der Waals surface area contributed by atoms with Crippen molar-refractivity contribution in [3.8, 4) is 17.0 Å². The van der Waals surface area contributed by atoms with Gasteiger partial charge in [-0.3, -0.25) is 15.2 Å². The van der Waals surface area contributed by atoms with Crippen molar-refractivity contribution in [3.05, 3.63) is 72.3 Å². The van der Waals surface area contributed by atoms with Crippen LogP contribution in [0.15, 0.2) is 66.7 Å². The SMILES string of the molecule is COc1ccc(-c2cc(NC(=S)NC(=O)/C=C/c3ccccc3)n[nH]2)cc1. The molecule has 1 aromatic heterocycles. The highest BCUT2D eigenvalue weighted by atomic mass is 32.1. The fourth-order valence-corrected chi connectivity index (χ4v) is 2.55. The third kappa shape index (κ3) is 5.26. The van der Waals surface area contributed by atoms with Crippen LogP contribution in [-0.2, 0) is 4.79 Å². The Hall–Kier alpha value is -3.45. The predicted octanol–water partition coefficient (Wildman–Crippen LogP) is 3.61. The number of hydrogen-bond acceptors (Lipinski definition) is 4. The van der Waals surface area contributed by atoms with Crippen molar-refractivity contribution in [2.75, 3.05) is 12.4 Å². The first-order valence-corrected chi connectivity index (χ1v) is 8.60. The molecule has 0 saturated heterocycles. The van der Waals surface area contributed by atoms with Gasteiger partial charge < -0.3 is 10.1 Å². The zero-order valence-electron chi connectivity index (χ0n) is 14.6. The van der Waals surface area contributed by atoms with Crippen LogP contribution >= 0.6 is 12.2 Å². The van der Waals surface area contributed by atoms with Crippen LogP contribution in [0, 0.1) is 0 Å². The average molecular weight is 378 g/mol. The van der Waals surface area contributed by atoms with E-state index in [1.165, 1.54) is 6.08 Å². The number of thiocarbonyl (C=S) groups is 1. The van der Waals surface area contributed by atoms with E-state index in [0.29, 0.717) is 5.82 Å². The van der Waals surface area contributed by atoms with Crippen molar-refractivity contribution >= 4 is 35.1 Å². The van der Waals surface area contributed by atoms with Crippen LogP contribution in [-0.4, -0.2) is 28.3 Å². The van der Waals surface area contributed by atoms with E-state index in [1.807, 2.05) is 54.6 Å². The summed E-state index contributed by atoms with van der Waals surface area (Å²) in [4.78, 5) is 11.9. The van der Waals surface area contributed by atoms with E-state index in [1.54, 1.807) is 19.3 Å². The maximum absolute atomic E-state index is 11.9. The van der Waals surface area contributed by atoms with Gasteiger partial charge in [-0.05, 0) is 53.7 Å².